The van der Waals surface area contributed by atoms with Crippen molar-refractivity contribution in [2.75, 3.05) is 53.4 Å². The summed E-state index contributed by atoms with van der Waals surface area (Å²) >= 11 is 0. The summed E-state index contributed by atoms with van der Waals surface area (Å²) in [5, 5.41) is 0. The number of hydrogen-bond donors (Lipinski definition) is 0. The average Bonchev–Trinajstić information content (AvgIpc) is 2.34. The van der Waals surface area contributed by atoms with Gasteiger partial charge in [-0.05, 0) is 25.9 Å². The smallest absolute Gasteiger partial charge is 0.180 e. The number of likely N-dealkylation sites (tertiary alicyclic amines) is 1. The Labute approximate surface area is 97.5 Å². The van der Waals surface area contributed by atoms with Gasteiger partial charge >= 0.3 is 0 Å². The number of methoxy groups -OCH3 is 1. The summed E-state index contributed by atoms with van der Waals surface area (Å²) in [5.41, 5.74) is 0. The van der Waals surface area contributed by atoms with Gasteiger partial charge in [-0.3, -0.25) is 0 Å². The second-order valence-corrected chi connectivity index (χ2v) is 3.86. The second kappa shape index (κ2) is 9.99. The molecule has 0 saturated carbocycles. The Bertz CT molecular complexity index is 151. The fourth-order valence-electron chi connectivity index (χ4n) is 1.68. The molecular formula is C11H23NO4. The van der Waals surface area contributed by atoms with E-state index in [1.807, 2.05) is 0 Å². The normalized spacial score (nSPS) is 17.8. The molecule has 5 heteroatoms. The van der Waals surface area contributed by atoms with Crippen molar-refractivity contribution in [1.29, 1.82) is 0 Å². The average molecular weight is 233 g/mol. The van der Waals surface area contributed by atoms with E-state index in [0.717, 1.165) is 6.54 Å². The van der Waals surface area contributed by atoms with E-state index >= 15 is 0 Å². The Morgan fingerprint density at radius 2 is 1.75 bits per heavy atom. The molecule has 1 fully saturated rings. The lowest BCUT2D eigenvalue weighted by molar-refractivity contribution is -0.337. The molecule has 5 nitrogen and oxygen atoms in total. The fourth-order valence-corrected chi connectivity index (χ4v) is 1.68. The highest BCUT2D eigenvalue weighted by atomic mass is 17.2. The van der Waals surface area contributed by atoms with E-state index in [1.165, 1.54) is 32.4 Å². The Kier molecular flexibility index (Phi) is 8.65. The van der Waals surface area contributed by atoms with Crippen LogP contribution in [-0.4, -0.2) is 58.3 Å². The summed E-state index contributed by atoms with van der Waals surface area (Å²) in [6.07, 6.45) is 3.98. The highest BCUT2D eigenvalue weighted by Crippen LogP contribution is 2.07. The van der Waals surface area contributed by atoms with Crippen molar-refractivity contribution >= 4 is 0 Å². The van der Waals surface area contributed by atoms with Crippen LogP contribution in [0.1, 0.15) is 19.3 Å². The number of rotatable bonds is 9. The molecule has 0 amide bonds. The van der Waals surface area contributed by atoms with Crippen LogP contribution in [0.2, 0.25) is 0 Å². The van der Waals surface area contributed by atoms with Crippen LogP contribution in [0, 0.1) is 0 Å². The van der Waals surface area contributed by atoms with E-state index in [-0.39, 0.29) is 6.79 Å². The van der Waals surface area contributed by atoms with E-state index < -0.39 is 0 Å². The molecule has 0 radical (unpaired) electrons. The topological polar surface area (TPSA) is 40.2 Å². The zero-order valence-electron chi connectivity index (χ0n) is 10.2. The van der Waals surface area contributed by atoms with Gasteiger partial charge in [0.25, 0.3) is 0 Å². The highest BCUT2D eigenvalue weighted by molar-refractivity contribution is 4.63. The van der Waals surface area contributed by atoms with Gasteiger partial charge in [-0.1, -0.05) is 6.42 Å². The van der Waals surface area contributed by atoms with Crippen LogP contribution in [0.15, 0.2) is 0 Å². The minimum Gasteiger partial charge on any atom is -0.382 e. The number of ether oxygens (including phenoxy) is 2. The first kappa shape index (κ1) is 13.9. The predicted molar refractivity (Wildman–Crippen MR) is 60.0 cm³/mol. The Hall–Kier alpha value is -0.200. The van der Waals surface area contributed by atoms with Crippen LogP contribution in [0.5, 0.6) is 0 Å². The summed E-state index contributed by atoms with van der Waals surface area (Å²) in [6.45, 7) is 5.21. The molecule has 0 spiro atoms. The molecular weight excluding hydrogens is 210 g/mol. The van der Waals surface area contributed by atoms with Crippen LogP contribution >= 0.6 is 0 Å². The standard InChI is InChI=1S/C11H23NO4/c1-13-9-10-14-11-16-15-8-7-12-5-3-2-4-6-12/h2-11H2,1H3. The highest BCUT2D eigenvalue weighted by Gasteiger charge is 2.08. The molecule has 0 aliphatic carbocycles. The lowest BCUT2D eigenvalue weighted by atomic mass is 10.1. The third kappa shape index (κ3) is 7.14. The zero-order valence-corrected chi connectivity index (χ0v) is 10.2. The molecule has 1 saturated heterocycles. The van der Waals surface area contributed by atoms with E-state index in [2.05, 4.69) is 4.90 Å². The second-order valence-electron chi connectivity index (χ2n) is 3.86. The Morgan fingerprint density at radius 1 is 0.938 bits per heavy atom. The van der Waals surface area contributed by atoms with Gasteiger partial charge < -0.3 is 14.4 Å². The maximum atomic E-state index is 5.08. The van der Waals surface area contributed by atoms with E-state index in [0.29, 0.717) is 19.8 Å². The lowest BCUT2D eigenvalue weighted by Gasteiger charge is -2.25. The Morgan fingerprint density at radius 3 is 2.50 bits per heavy atom. The van der Waals surface area contributed by atoms with Crippen LogP contribution in [0.3, 0.4) is 0 Å². The van der Waals surface area contributed by atoms with Crippen molar-refractivity contribution in [3.05, 3.63) is 0 Å². The van der Waals surface area contributed by atoms with Gasteiger partial charge in [-0.15, -0.1) is 0 Å². The molecule has 0 aromatic carbocycles. The number of hydrogen-bond acceptors (Lipinski definition) is 5. The Balaban J connectivity index is 1.77. The van der Waals surface area contributed by atoms with Crippen molar-refractivity contribution in [1.82, 2.24) is 4.90 Å². The summed E-state index contributed by atoms with van der Waals surface area (Å²) in [5.74, 6) is 0. The SMILES string of the molecule is COCCOCOOCCN1CCCCC1. The van der Waals surface area contributed by atoms with Gasteiger partial charge in [0.15, 0.2) is 6.79 Å². The number of piperidine rings is 1. The molecule has 0 atom stereocenters. The molecule has 16 heavy (non-hydrogen) atoms. The zero-order chi connectivity index (χ0) is 11.5. The summed E-state index contributed by atoms with van der Waals surface area (Å²) in [4.78, 5) is 12.3. The van der Waals surface area contributed by atoms with Gasteiger partial charge in [-0.25, -0.2) is 9.78 Å². The molecule has 0 unspecified atom stereocenters. The van der Waals surface area contributed by atoms with Gasteiger partial charge in [-0.2, -0.15) is 0 Å². The minimum atomic E-state index is 0.170. The fraction of sp³-hybridized carbons (Fsp3) is 1.00. The predicted octanol–water partition coefficient (Wildman–Crippen LogP) is 1.04. The van der Waals surface area contributed by atoms with Crippen molar-refractivity contribution in [2.24, 2.45) is 0 Å². The third-order valence-corrected chi connectivity index (χ3v) is 2.59. The first-order valence-electron chi connectivity index (χ1n) is 5.97. The molecule has 0 bridgehead atoms. The summed E-state index contributed by atoms with van der Waals surface area (Å²) in [6, 6.07) is 0. The molecule has 0 aromatic heterocycles. The largest absolute Gasteiger partial charge is 0.382 e. The first-order valence-corrected chi connectivity index (χ1v) is 5.97. The van der Waals surface area contributed by atoms with Crippen LogP contribution in [0.25, 0.3) is 0 Å². The van der Waals surface area contributed by atoms with Gasteiger partial charge in [0.1, 0.15) is 0 Å². The monoisotopic (exact) mass is 233 g/mol. The lowest BCUT2D eigenvalue weighted by Crippen LogP contribution is -2.32. The van der Waals surface area contributed by atoms with Gasteiger partial charge in [0.2, 0.25) is 0 Å². The van der Waals surface area contributed by atoms with Crippen LogP contribution in [0.4, 0.5) is 0 Å². The van der Waals surface area contributed by atoms with Crippen molar-refractivity contribution in [2.45, 2.75) is 19.3 Å². The quantitative estimate of drug-likeness (QED) is 0.257. The van der Waals surface area contributed by atoms with Crippen LogP contribution in [-0.2, 0) is 19.2 Å². The van der Waals surface area contributed by atoms with E-state index in [9.17, 15) is 0 Å². The minimum absolute atomic E-state index is 0.170. The summed E-state index contributed by atoms with van der Waals surface area (Å²) < 4.78 is 9.90. The molecule has 96 valence electrons. The maximum Gasteiger partial charge on any atom is 0.180 e. The third-order valence-electron chi connectivity index (χ3n) is 2.59. The molecule has 1 heterocycles. The molecule has 1 aliphatic rings. The molecule has 1 rings (SSSR count). The number of nitrogens with zero attached hydrogens (tertiary/aromatic N) is 1. The molecule has 1 aliphatic heterocycles. The van der Waals surface area contributed by atoms with Gasteiger partial charge in [0.05, 0.1) is 19.8 Å². The maximum absolute atomic E-state index is 5.08. The summed E-state index contributed by atoms with van der Waals surface area (Å²) in [7, 11) is 1.64. The van der Waals surface area contributed by atoms with E-state index in [1.54, 1.807) is 7.11 Å². The van der Waals surface area contributed by atoms with E-state index in [4.69, 9.17) is 19.2 Å². The van der Waals surface area contributed by atoms with Crippen molar-refractivity contribution in [3.63, 3.8) is 0 Å². The van der Waals surface area contributed by atoms with Gasteiger partial charge in [0, 0.05) is 13.7 Å². The van der Waals surface area contributed by atoms with Crippen molar-refractivity contribution < 1.29 is 19.2 Å². The van der Waals surface area contributed by atoms with Crippen molar-refractivity contribution in [3.8, 4) is 0 Å². The molecule has 0 N–H and O–H groups in total. The van der Waals surface area contributed by atoms with Crippen LogP contribution < -0.4 is 0 Å². The first-order chi connectivity index (χ1) is 7.93. The molecule has 0 aromatic rings.